The minimum absolute atomic E-state index is 0. The standard InChI is InChI=1S/C40H35FN4O.Pd/c1-5-26-13-11-14-27(6-2)39(26)40-34(7-3)43-45(35(40)8-4)29-15-12-16-30(24-29)46-31-19-20-33-32-17-9-10-18-36(32)44(37(33)25-31)38-23-28(41)21-22-42-38;/h9-23H,5-8H2,1-4H3;/q-2;+2. The number of fused-ring (bicyclic) bond motifs is 3. The molecular formula is C40H35FN4OPd. The summed E-state index contributed by atoms with van der Waals surface area (Å²) in [5.74, 6) is 1.22. The van der Waals surface area contributed by atoms with Gasteiger partial charge in [-0.2, -0.15) is 17.2 Å². The number of pyridine rings is 1. The number of ether oxygens (including phenoxy) is 1. The molecule has 3 heterocycles. The first kappa shape index (κ1) is 32.4. The van der Waals surface area contributed by atoms with Crippen molar-refractivity contribution in [3.63, 3.8) is 0 Å². The van der Waals surface area contributed by atoms with Crippen LogP contribution in [0.15, 0.2) is 91.1 Å². The zero-order valence-corrected chi connectivity index (χ0v) is 28.4. The summed E-state index contributed by atoms with van der Waals surface area (Å²) in [6, 6.07) is 34.2. The van der Waals surface area contributed by atoms with Gasteiger partial charge in [-0.15, -0.1) is 35.7 Å². The summed E-state index contributed by atoms with van der Waals surface area (Å²) in [6.07, 6.45) is 5.06. The predicted molar refractivity (Wildman–Crippen MR) is 183 cm³/mol. The third kappa shape index (κ3) is 5.80. The summed E-state index contributed by atoms with van der Waals surface area (Å²) in [4.78, 5) is 4.46. The normalized spacial score (nSPS) is 11.3. The molecule has 0 N–H and O–H groups in total. The Morgan fingerprint density at radius 2 is 1.47 bits per heavy atom. The number of rotatable bonds is 9. The largest absolute Gasteiger partial charge is 2.00 e. The number of halogens is 1. The van der Waals surface area contributed by atoms with Crippen molar-refractivity contribution < 1.29 is 29.6 Å². The number of aromatic nitrogens is 4. The summed E-state index contributed by atoms with van der Waals surface area (Å²) in [7, 11) is 0. The Hall–Kier alpha value is -4.57. The Morgan fingerprint density at radius 3 is 2.19 bits per heavy atom. The van der Waals surface area contributed by atoms with Gasteiger partial charge in [-0.25, -0.2) is 9.37 Å². The molecule has 0 aliphatic carbocycles. The molecule has 0 fully saturated rings. The monoisotopic (exact) mass is 712 g/mol. The van der Waals surface area contributed by atoms with E-state index in [0.717, 1.165) is 58.9 Å². The van der Waals surface area contributed by atoms with Crippen LogP contribution in [-0.2, 0) is 46.1 Å². The van der Waals surface area contributed by atoms with Crippen molar-refractivity contribution in [2.75, 3.05) is 0 Å². The van der Waals surface area contributed by atoms with Gasteiger partial charge in [0, 0.05) is 40.5 Å². The van der Waals surface area contributed by atoms with E-state index in [0.29, 0.717) is 17.3 Å². The van der Waals surface area contributed by atoms with Crippen LogP contribution in [0.5, 0.6) is 11.5 Å². The van der Waals surface area contributed by atoms with E-state index in [4.69, 9.17) is 9.84 Å². The molecule has 47 heavy (non-hydrogen) atoms. The number of hydrogen-bond acceptors (Lipinski definition) is 3. The number of hydrogen-bond donors (Lipinski definition) is 0. The fourth-order valence-electron chi connectivity index (χ4n) is 6.55. The van der Waals surface area contributed by atoms with Crippen LogP contribution < -0.4 is 4.74 Å². The second kappa shape index (κ2) is 13.7. The number of aryl methyl sites for hydroxylation is 3. The van der Waals surface area contributed by atoms with Crippen LogP contribution >= 0.6 is 0 Å². The Kier molecular flexibility index (Phi) is 9.41. The van der Waals surface area contributed by atoms with Gasteiger partial charge in [-0.3, -0.25) is 4.68 Å². The zero-order chi connectivity index (χ0) is 31.8. The van der Waals surface area contributed by atoms with Gasteiger partial charge in [0.2, 0.25) is 0 Å². The smallest absolute Gasteiger partial charge is 0.509 e. The Bertz CT molecular complexity index is 2190. The van der Waals surface area contributed by atoms with Gasteiger partial charge in [-0.1, -0.05) is 69.6 Å². The fourth-order valence-corrected chi connectivity index (χ4v) is 6.55. The van der Waals surface area contributed by atoms with E-state index >= 15 is 0 Å². The predicted octanol–water partition coefficient (Wildman–Crippen LogP) is 9.81. The van der Waals surface area contributed by atoms with Gasteiger partial charge < -0.3 is 9.30 Å². The van der Waals surface area contributed by atoms with E-state index < -0.39 is 0 Å². The molecule has 0 bridgehead atoms. The van der Waals surface area contributed by atoms with Crippen LogP contribution in [0.4, 0.5) is 4.39 Å². The molecule has 0 aliphatic rings. The van der Waals surface area contributed by atoms with Gasteiger partial charge in [0.15, 0.2) is 0 Å². The molecule has 0 amide bonds. The third-order valence-corrected chi connectivity index (χ3v) is 8.67. The second-order valence-electron chi connectivity index (χ2n) is 11.3. The molecule has 4 aromatic carbocycles. The maximum Gasteiger partial charge on any atom is 2.00 e. The van der Waals surface area contributed by atoms with Crippen LogP contribution in [0.3, 0.4) is 0 Å². The molecule has 0 saturated heterocycles. The van der Waals surface area contributed by atoms with Crippen LogP contribution in [-0.4, -0.2) is 19.3 Å². The molecule has 0 unspecified atom stereocenters. The Balaban J connectivity index is 0.00000386. The SMILES string of the molecule is CCc1cccc(CC)c1-c1c(CC)nn(-c2[c-]c(Oc3[c-]c4c(cc3)c3ccccc3n4-c3cc(F)ccn3)ccc2)c1CC.[Pd+2]. The molecule has 0 aliphatic heterocycles. The molecule has 7 aromatic rings. The van der Waals surface area contributed by atoms with E-state index in [1.54, 1.807) is 0 Å². The van der Waals surface area contributed by atoms with Gasteiger partial charge in [0.05, 0.1) is 5.69 Å². The van der Waals surface area contributed by atoms with E-state index in [1.165, 1.54) is 46.3 Å². The van der Waals surface area contributed by atoms with Crippen molar-refractivity contribution in [3.8, 4) is 34.1 Å². The second-order valence-corrected chi connectivity index (χ2v) is 11.3. The molecule has 7 heteroatoms. The van der Waals surface area contributed by atoms with E-state index in [2.05, 4.69) is 69.1 Å². The topological polar surface area (TPSA) is 44.9 Å². The van der Waals surface area contributed by atoms with E-state index in [1.807, 2.05) is 57.8 Å². The molecule has 5 nitrogen and oxygen atoms in total. The summed E-state index contributed by atoms with van der Waals surface area (Å²) in [5, 5.41) is 7.16. The third-order valence-electron chi connectivity index (χ3n) is 8.67. The van der Waals surface area contributed by atoms with Crippen LogP contribution in [0.2, 0.25) is 0 Å². The number of para-hydroxylation sites is 1. The van der Waals surface area contributed by atoms with Gasteiger partial charge in [0.25, 0.3) is 0 Å². The molecule has 0 spiro atoms. The maximum atomic E-state index is 14.3. The van der Waals surface area contributed by atoms with Crippen molar-refractivity contribution in [2.45, 2.75) is 53.4 Å². The number of benzene rings is 4. The molecular weight excluding hydrogens is 678 g/mol. The summed E-state index contributed by atoms with van der Waals surface area (Å²) in [5.41, 5.74) is 10.0. The summed E-state index contributed by atoms with van der Waals surface area (Å²) < 4.78 is 24.6. The minimum atomic E-state index is -0.349. The summed E-state index contributed by atoms with van der Waals surface area (Å²) >= 11 is 0. The average molecular weight is 713 g/mol. The number of nitrogens with zero attached hydrogens (tertiary/aromatic N) is 4. The quantitative estimate of drug-likeness (QED) is 0.111. The zero-order valence-electron chi connectivity index (χ0n) is 26.9. The molecule has 238 valence electrons. The van der Waals surface area contributed by atoms with Crippen LogP contribution in [0.1, 0.15) is 50.2 Å². The first-order valence-electron chi connectivity index (χ1n) is 16.0. The van der Waals surface area contributed by atoms with Crippen molar-refractivity contribution in [1.29, 1.82) is 0 Å². The van der Waals surface area contributed by atoms with Gasteiger partial charge in [-0.05, 0) is 65.6 Å². The molecule has 0 radical (unpaired) electrons. The first-order valence-corrected chi connectivity index (χ1v) is 16.0. The van der Waals surface area contributed by atoms with Gasteiger partial charge in [0.1, 0.15) is 11.6 Å². The van der Waals surface area contributed by atoms with Crippen molar-refractivity contribution in [2.24, 2.45) is 0 Å². The van der Waals surface area contributed by atoms with Gasteiger partial charge >= 0.3 is 20.4 Å². The minimum Gasteiger partial charge on any atom is -0.509 e. The Morgan fingerprint density at radius 1 is 0.723 bits per heavy atom. The molecule has 0 atom stereocenters. The molecule has 7 rings (SSSR count). The van der Waals surface area contributed by atoms with Crippen molar-refractivity contribution >= 4 is 21.8 Å². The van der Waals surface area contributed by atoms with Crippen molar-refractivity contribution in [1.82, 2.24) is 19.3 Å². The van der Waals surface area contributed by atoms with Crippen LogP contribution in [0.25, 0.3) is 44.4 Å². The maximum absolute atomic E-state index is 14.3. The molecule has 0 saturated carbocycles. The summed E-state index contributed by atoms with van der Waals surface area (Å²) in [6.45, 7) is 8.80. The van der Waals surface area contributed by atoms with E-state index in [-0.39, 0.29) is 26.2 Å². The first-order chi connectivity index (χ1) is 22.5. The fraction of sp³-hybridized carbons (Fsp3) is 0.200. The average Bonchev–Trinajstić information content (AvgIpc) is 3.63. The van der Waals surface area contributed by atoms with Crippen molar-refractivity contribution in [3.05, 3.63) is 132 Å². The Labute approximate surface area is 288 Å². The van der Waals surface area contributed by atoms with Crippen LogP contribution in [0, 0.1) is 17.9 Å². The van der Waals surface area contributed by atoms with E-state index in [9.17, 15) is 4.39 Å². The molecule has 3 aromatic heterocycles.